The molecule has 0 saturated carbocycles. The maximum atomic E-state index is 11.0. The fourth-order valence-electron chi connectivity index (χ4n) is 1.68. The van der Waals surface area contributed by atoms with Gasteiger partial charge in [-0.3, -0.25) is 4.79 Å². The molecule has 19 heavy (non-hydrogen) atoms. The van der Waals surface area contributed by atoms with E-state index in [0.29, 0.717) is 17.2 Å². The number of hydrogen-bond donors (Lipinski definition) is 1. The summed E-state index contributed by atoms with van der Waals surface area (Å²) in [6, 6.07) is 8.64. The van der Waals surface area contributed by atoms with Crippen LogP contribution in [0.1, 0.15) is 13.8 Å². The Morgan fingerprint density at radius 3 is 2.53 bits per heavy atom. The van der Waals surface area contributed by atoms with Crippen molar-refractivity contribution in [1.29, 1.82) is 0 Å². The lowest BCUT2D eigenvalue weighted by Gasteiger charge is -2.14. The Hall–Kier alpha value is -2.30. The SMILES string of the molecule is COc1cc(-c2ccc(=O)[nH]n2)ccc1OC(C)C. The summed E-state index contributed by atoms with van der Waals surface area (Å²) in [5, 5.41) is 6.39. The van der Waals surface area contributed by atoms with E-state index in [1.54, 1.807) is 13.2 Å². The van der Waals surface area contributed by atoms with Crippen molar-refractivity contribution in [2.45, 2.75) is 20.0 Å². The maximum absolute atomic E-state index is 11.0. The third-order valence-corrected chi connectivity index (χ3v) is 2.50. The van der Waals surface area contributed by atoms with Gasteiger partial charge in [-0.05, 0) is 38.1 Å². The van der Waals surface area contributed by atoms with Gasteiger partial charge in [0.25, 0.3) is 5.56 Å². The van der Waals surface area contributed by atoms with Crippen molar-refractivity contribution >= 4 is 0 Å². The quantitative estimate of drug-likeness (QED) is 0.915. The summed E-state index contributed by atoms with van der Waals surface area (Å²) in [4.78, 5) is 11.0. The molecule has 0 unspecified atom stereocenters. The van der Waals surface area contributed by atoms with Crippen LogP contribution in [0.15, 0.2) is 35.1 Å². The van der Waals surface area contributed by atoms with E-state index in [1.807, 2.05) is 32.0 Å². The highest BCUT2D eigenvalue weighted by Crippen LogP contribution is 2.32. The minimum atomic E-state index is -0.226. The van der Waals surface area contributed by atoms with E-state index in [0.717, 1.165) is 5.56 Å². The predicted molar refractivity (Wildman–Crippen MR) is 72.6 cm³/mol. The molecule has 0 spiro atoms. The van der Waals surface area contributed by atoms with Crippen molar-refractivity contribution < 1.29 is 9.47 Å². The summed E-state index contributed by atoms with van der Waals surface area (Å²) in [5.74, 6) is 1.32. The first-order valence-electron chi connectivity index (χ1n) is 6.01. The van der Waals surface area contributed by atoms with Crippen LogP contribution in [0.2, 0.25) is 0 Å². The number of ether oxygens (including phenoxy) is 2. The Bertz CT molecular complexity index is 600. The molecule has 0 aliphatic carbocycles. The van der Waals surface area contributed by atoms with Crippen LogP contribution >= 0.6 is 0 Å². The Morgan fingerprint density at radius 1 is 1.16 bits per heavy atom. The second-order valence-electron chi connectivity index (χ2n) is 4.34. The van der Waals surface area contributed by atoms with Crippen LogP contribution in [-0.2, 0) is 0 Å². The molecular weight excluding hydrogens is 244 g/mol. The summed E-state index contributed by atoms with van der Waals surface area (Å²) < 4.78 is 11.0. The lowest BCUT2D eigenvalue weighted by Crippen LogP contribution is -2.07. The molecule has 0 radical (unpaired) electrons. The highest BCUT2D eigenvalue weighted by molar-refractivity contribution is 5.63. The van der Waals surface area contributed by atoms with Crippen molar-refractivity contribution in [2.75, 3.05) is 7.11 Å². The molecular formula is C14H16N2O3. The smallest absolute Gasteiger partial charge is 0.264 e. The zero-order valence-corrected chi connectivity index (χ0v) is 11.1. The molecule has 0 saturated heterocycles. The fraction of sp³-hybridized carbons (Fsp3) is 0.286. The highest BCUT2D eigenvalue weighted by atomic mass is 16.5. The van der Waals surface area contributed by atoms with E-state index in [1.165, 1.54) is 6.07 Å². The van der Waals surface area contributed by atoms with E-state index >= 15 is 0 Å². The molecule has 1 aromatic heterocycles. The molecule has 0 bridgehead atoms. The van der Waals surface area contributed by atoms with E-state index in [4.69, 9.17) is 9.47 Å². The predicted octanol–water partition coefficient (Wildman–Crippen LogP) is 2.23. The number of benzene rings is 1. The molecule has 1 aromatic carbocycles. The Labute approximate surface area is 111 Å². The zero-order valence-electron chi connectivity index (χ0n) is 11.1. The lowest BCUT2D eigenvalue weighted by atomic mass is 10.1. The summed E-state index contributed by atoms with van der Waals surface area (Å²) in [5.41, 5.74) is 1.30. The number of rotatable bonds is 4. The fourth-order valence-corrected chi connectivity index (χ4v) is 1.68. The largest absolute Gasteiger partial charge is 0.493 e. The van der Waals surface area contributed by atoms with Gasteiger partial charge in [0.1, 0.15) is 0 Å². The topological polar surface area (TPSA) is 64.2 Å². The van der Waals surface area contributed by atoms with Crippen molar-refractivity contribution in [3.05, 3.63) is 40.7 Å². The first-order chi connectivity index (χ1) is 9.10. The van der Waals surface area contributed by atoms with Crippen LogP contribution in [-0.4, -0.2) is 23.4 Å². The van der Waals surface area contributed by atoms with Gasteiger partial charge in [-0.1, -0.05) is 0 Å². The third kappa shape index (κ3) is 3.13. The van der Waals surface area contributed by atoms with E-state index < -0.39 is 0 Å². The van der Waals surface area contributed by atoms with Gasteiger partial charge in [-0.2, -0.15) is 5.10 Å². The van der Waals surface area contributed by atoms with Gasteiger partial charge in [0.05, 0.1) is 18.9 Å². The summed E-state index contributed by atoms with van der Waals surface area (Å²) in [6.07, 6.45) is 0.0750. The van der Waals surface area contributed by atoms with Gasteiger partial charge in [0, 0.05) is 11.6 Å². The van der Waals surface area contributed by atoms with E-state index in [9.17, 15) is 4.79 Å². The number of aromatic nitrogens is 2. The van der Waals surface area contributed by atoms with Gasteiger partial charge in [-0.15, -0.1) is 0 Å². The molecule has 2 rings (SSSR count). The van der Waals surface area contributed by atoms with E-state index in [-0.39, 0.29) is 11.7 Å². The molecule has 0 fully saturated rings. The molecule has 0 aliphatic heterocycles. The van der Waals surface area contributed by atoms with Crippen LogP contribution in [0.25, 0.3) is 11.3 Å². The van der Waals surface area contributed by atoms with Gasteiger partial charge < -0.3 is 9.47 Å². The number of H-pyrrole nitrogens is 1. The van der Waals surface area contributed by atoms with Gasteiger partial charge in [-0.25, -0.2) is 5.10 Å². The molecule has 1 heterocycles. The second-order valence-corrected chi connectivity index (χ2v) is 4.34. The van der Waals surface area contributed by atoms with Crippen molar-refractivity contribution in [3.8, 4) is 22.8 Å². The first kappa shape index (κ1) is 13.1. The van der Waals surface area contributed by atoms with Crippen LogP contribution in [0.3, 0.4) is 0 Å². The van der Waals surface area contributed by atoms with Gasteiger partial charge in [0.2, 0.25) is 0 Å². The number of nitrogens with zero attached hydrogens (tertiary/aromatic N) is 1. The monoisotopic (exact) mass is 260 g/mol. The normalized spacial score (nSPS) is 10.5. The third-order valence-electron chi connectivity index (χ3n) is 2.50. The molecule has 0 amide bonds. The van der Waals surface area contributed by atoms with E-state index in [2.05, 4.69) is 10.2 Å². The summed E-state index contributed by atoms with van der Waals surface area (Å²) >= 11 is 0. The number of hydrogen-bond acceptors (Lipinski definition) is 4. The molecule has 5 nitrogen and oxygen atoms in total. The average Bonchev–Trinajstić information content (AvgIpc) is 2.39. The molecule has 0 aliphatic rings. The number of nitrogens with one attached hydrogen (secondary N) is 1. The highest BCUT2D eigenvalue weighted by Gasteiger charge is 2.09. The van der Waals surface area contributed by atoms with Crippen LogP contribution < -0.4 is 15.0 Å². The lowest BCUT2D eigenvalue weighted by molar-refractivity contribution is 0.230. The Balaban J connectivity index is 2.38. The van der Waals surface area contributed by atoms with Crippen LogP contribution in [0.5, 0.6) is 11.5 Å². The van der Waals surface area contributed by atoms with Gasteiger partial charge >= 0.3 is 0 Å². The number of methoxy groups -OCH3 is 1. The summed E-state index contributed by atoms with van der Waals surface area (Å²) in [6.45, 7) is 3.91. The number of aromatic amines is 1. The molecule has 1 N–H and O–H groups in total. The Kier molecular flexibility index (Phi) is 3.85. The molecule has 2 aromatic rings. The standard InChI is InChI=1S/C14H16N2O3/c1-9(2)19-12-6-4-10(8-13(12)18-3)11-5-7-14(17)16-15-11/h4-9H,1-3H3,(H,16,17). The van der Waals surface area contributed by atoms with Crippen LogP contribution in [0.4, 0.5) is 0 Å². The minimum absolute atomic E-state index is 0.0750. The molecule has 100 valence electrons. The van der Waals surface area contributed by atoms with Gasteiger partial charge in [0.15, 0.2) is 11.5 Å². The Morgan fingerprint density at radius 2 is 1.95 bits per heavy atom. The first-order valence-corrected chi connectivity index (χ1v) is 6.01. The summed E-state index contributed by atoms with van der Waals surface area (Å²) in [7, 11) is 1.59. The molecule has 5 heteroatoms. The van der Waals surface area contributed by atoms with Crippen molar-refractivity contribution in [2.24, 2.45) is 0 Å². The molecule has 0 atom stereocenters. The maximum Gasteiger partial charge on any atom is 0.264 e. The average molecular weight is 260 g/mol. The van der Waals surface area contributed by atoms with Crippen LogP contribution in [0, 0.1) is 0 Å². The van der Waals surface area contributed by atoms with Crippen molar-refractivity contribution in [1.82, 2.24) is 10.2 Å². The zero-order chi connectivity index (χ0) is 13.8. The minimum Gasteiger partial charge on any atom is -0.493 e. The van der Waals surface area contributed by atoms with Crippen molar-refractivity contribution in [3.63, 3.8) is 0 Å². The second kappa shape index (κ2) is 5.56.